The summed E-state index contributed by atoms with van der Waals surface area (Å²) in [5.74, 6) is 1.62. The van der Waals surface area contributed by atoms with Gasteiger partial charge in [-0.1, -0.05) is 32.0 Å². The second-order valence-corrected chi connectivity index (χ2v) is 6.06. The molecular weight excluding hydrogens is 230 g/mol. The molecule has 0 amide bonds. The Labute approximate surface area is 108 Å². The summed E-state index contributed by atoms with van der Waals surface area (Å²) in [5, 5.41) is 13.0. The van der Waals surface area contributed by atoms with Gasteiger partial charge >= 0.3 is 0 Å². The third-order valence-electron chi connectivity index (χ3n) is 3.38. The molecule has 1 aromatic carbocycles. The van der Waals surface area contributed by atoms with Crippen LogP contribution in [0.1, 0.15) is 31.9 Å². The van der Waals surface area contributed by atoms with Gasteiger partial charge in [0.05, 0.1) is 6.61 Å². The van der Waals surface area contributed by atoms with Gasteiger partial charge in [0.25, 0.3) is 0 Å². The molecule has 1 unspecified atom stereocenters. The summed E-state index contributed by atoms with van der Waals surface area (Å²) in [6.45, 7) is 4.51. The number of nitrogens with one attached hydrogen (secondary N) is 1. The fourth-order valence-electron chi connectivity index (χ4n) is 2.23. The molecular formula is C14H21NOS. The standard InChI is InChI=1S/C14H21NOS/c1-10(2)13(9-16)15-12-7-8-17-14-6-4-3-5-11(12)14/h3-6,10,12-13,15-16H,7-9H2,1-2H3/t12?,13-/m1/s1. The fraction of sp³-hybridized carbons (Fsp3) is 0.571. The third-order valence-corrected chi connectivity index (χ3v) is 4.50. The molecule has 1 heterocycles. The Morgan fingerprint density at radius 3 is 2.88 bits per heavy atom. The highest BCUT2D eigenvalue weighted by molar-refractivity contribution is 7.99. The predicted molar refractivity (Wildman–Crippen MR) is 73.4 cm³/mol. The molecule has 0 saturated carbocycles. The number of rotatable bonds is 4. The number of hydrogen-bond donors (Lipinski definition) is 2. The first kappa shape index (κ1) is 12.9. The van der Waals surface area contributed by atoms with E-state index in [1.54, 1.807) is 0 Å². The van der Waals surface area contributed by atoms with E-state index in [1.165, 1.54) is 10.5 Å². The minimum atomic E-state index is 0.191. The summed E-state index contributed by atoms with van der Waals surface area (Å²) in [6, 6.07) is 9.18. The average molecular weight is 251 g/mol. The summed E-state index contributed by atoms with van der Waals surface area (Å²) >= 11 is 1.93. The Kier molecular flexibility index (Phi) is 4.48. The van der Waals surface area contributed by atoms with Crippen LogP contribution < -0.4 is 5.32 Å². The zero-order chi connectivity index (χ0) is 12.3. The Hall–Kier alpha value is -0.510. The topological polar surface area (TPSA) is 32.3 Å². The van der Waals surface area contributed by atoms with E-state index in [0.717, 1.165) is 12.2 Å². The van der Waals surface area contributed by atoms with Crippen LogP contribution >= 0.6 is 11.8 Å². The van der Waals surface area contributed by atoms with Gasteiger partial charge in [0, 0.05) is 17.0 Å². The molecule has 0 aliphatic carbocycles. The first-order valence-electron chi connectivity index (χ1n) is 6.31. The van der Waals surface area contributed by atoms with Crippen molar-refractivity contribution < 1.29 is 5.11 Å². The molecule has 1 aromatic rings. The van der Waals surface area contributed by atoms with Crippen LogP contribution in [-0.4, -0.2) is 23.5 Å². The molecule has 17 heavy (non-hydrogen) atoms. The van der Waals surface area contributed by atoms with Gasteiger partial charge in [-0.3, -0.25) is 0 Å². The number of hydrogen-bond acceptors (Lipinski definition) is 3. The molecule has 0 radical (unpaired) electrons. The Balaban J connectivity index is 2.13. The van der Waals surface area contributed by atoms with Crippen molar-refractivity contribution in [3.63, 3.8) is 0 Å². The van der Waals surface area contributed by atoms with Gasteiger partial charge < -0.3 is 10.4 Å². The lowest BCUT2D eigenvalue weighted by Gasteiger charge is -2.31. The van der Waals surface area contributed by atoms with E-state index in [9.17, 15) is 5.11 Å². The van der Waals surface area contributed by atoms with Crippen molar-refractivity contribution in [2.24, 2.45) is 5.92 Å². The highest BCUT2D eigenvalue weighted by atomic mass is 32.2. The maximum Gasteiger partial charge on any atom is 0.0587 e. The molecule has 3 heteroatoms. The van der Waals surface area contributed by atoms with Crippen molar-refractivity contribution in [1.29, 1.82) is 0 Å². The van der Waals surface area contributed by atoms with E-state index in [0.29, 0.717) is 12.0 Å². The van der Waals surface area contributed by atoms with Crippen molar-refractivity contribution in [2.45, 2.75) is 37.2 Å². The summed E-state index contributed by atoms with van der Waals surface area (Å²) in [7, 11) is 0. The van der Waals surface area contributed by atoms with Crippen LogP contribution in [0.5, 0.6) is 0 Å². The summed E-state index contributed by atoms with van der Waals surface area (Å²) < 4.78 is 0. The molecule has 0 spiro atoms. The van der Waals surface area contributed by atoms with Crippen LogP contribution in [0.4, 0.5) is 0 Å². The number of thioether (sulfide) groups is 1. The van der Waals surface area contributed by atoms with Crippen LogP contribution in [0.25, 0.3) is 0 Å². The largest absolute Gasteiger partial charge is 0.395 e. The van der Waals surface area contributed by atoms with E-state index < -0.39 is 0 Å². The molecule has 0 aromatic heterocycles. The second kappa shape index (κ2) is 5.89. The van der Waals surface area contributed by atoms with E-state index in [1.807, 2.05) is 11.8 Å². The molecule has 1 aliphatic heterocycles. The highest BCUT2D eigenvalue weighted by Gasteiger charge is 2.23. The van der Waals surface area contributed by atoms with Crippen molar-refractivity contribution >= 4 is 11.8 Å². The molecule has 0 bridgehead atoms. The van der Waals surface area contributed by atoms with Crippen molar-refractivity contribution in [3.8, 4) is 0 Å². The Bertz CT molecular complexity index is 367. The Morgan fingerprint density at radius 2 is 2.18 bits per heavy atom. The van der Waals surface area contributed by atoms with E-state index >= 15 is 0 Å². The maximum atomic E-state index is 9.41. The molecule has 94 valence electrons. The van der Waals surface area contributed by atoms with Crippen LogP contribution in [-0.2, 0) is 0 Å². The minimum Gasteiger partial charge on any atom is -0.395 e. The molecule has 1 aliphatic rings. The minimum absolute atomic E-state index is 0.191. The molecule has 2 N–H and O–H groups in total. The van der Waals surface area contributed by atoms with Crippen LogP contribution in [0, 0.1) is 5.92 Å². The van der Waals surface area contributed by atoms with Crippen LogP contribution in [0.2, 0.25) is 0 Å². The van der Waals surface area contributed by atoms with Gasteiger partial charge in [-0.2, -0.15) is 0 Å². The average Bonchev–Trinajstić information content (AvgIpc) is 2.35. The number of fused-ring (bicyclic) bond motifs is 1. The lowest BCUT2D eigenvalue weighted by molar-refractivity contribution is 0.197. The van der Waals surface area contributed by atoms with Crippen molar-refractivity contribution in [3.05, 3.63) is 29.8 Å². The molecule has 2 atom stereocenters. The lowest BCUT2D eigenvalue weighted by atomic mass is 9.99. The third kappa shape index (κ3) is 3.03. The first-order valence-corrected chi connectivity index (χ1v) is 7.29. The summed E-state index contributed by atoms with van der Waals surface area (Å²) in [5.41, 5.74) is 1.39. The summed E-state index contributed by atoms with van der Waals surface area (Å²) in [6.07, 6.45) is 1.14. The van der Waals surface area contributed by atoms with Crippen molar-refractivity contribution in [2.75, 3.05) is 12.4 Å². The van der Waals surface area contributed by atoms with Gasteiger partial charge in [0.1, 0.15) is 0 Å². The second-order valence-electron chi connectivity index (χ2n) is 4.93. The monoisotopic (exact) mass is 251 g/mol. The molecule has 0 saturated heterocycles. The maximum absolute atomic E-state index is 9.41. The number of benzene rings is 1. The van der Waals surface area contributed by atoms with Gasteiger partial charge in [-0.05, 0) is 29.7 Å². The van der Waals surface area contributed by atoms with Crippen LogP contribution in [0.15, 0.2) is 29.2 Å². The van der Waals surface area contributed by atoms with Crippen LogP contribution in [0.3, 0.4) is 0 Å². The molecule has 2 rings (SSSR count). The molecule has 0 fully saturated rings. The number of aliphatic hydroxyl groups is 1. The highest BCUT2D eigenvalue weighted by Crippen LogP contribution is 2.36. The van der Waals surface area contributed by atoms with Gasteiger partial charge in [-0.25, -0.2) is 0 Å². The van der Waals surface area contributed by atoms with E-state index in [2.05, 4.69) is 43.4 Å². The Morgan fingerprint density at radius 1 is 1.41 bits per heavy atom. The predicted octanol–water partition coefficient (Wildman–Crippen LogP) is 2.83. The number of aliphatic hydroxyl groups excluding tert-OH is 1. The normalized spacial score (nSPS) is 21.3. The first-order chi connectivity index (χ1) is 8.22. The van der Waals surface area contributed by atoms with Gasteiger partial charge in [0.15, 0.2) is 0 Å². The fourth-order valence-corrected chi connectivity index (χ4v) is 3.35. The van der Waals surface area contributed by atoms with Gasteiger partial charge in [0.2, 0.25) is 0 Å². The molecule has 2 nitrogen and oxygen atoms in total. The summed E-state index contributed by atoms with van der Waals surface area (Å²) in [4.78, 5) is 1.39. The van der Waals surface area contributed by atoms with E-state index in [4.69, 9.17) is 0 Å². The lowest BCUT2D eigenvalue weighted by Crippen LogP contribution is -2.40. The SMILES string of the molecule is CC(C)[C@@H](CO)NC1CCSc2ccccc21. The smallest absolute Gasteiger partial charge is 0.0587 e. The van der Waals surface area contributed by atoms with E-state index in [-0.39, 0.29) is 12.6 Å². The van der Waals surface area contributed by atoms with Crippen molar-refractivity contribution in [1.82, 2.24) is 5.32 Å². The zero-order valence-corrected chi connectivity index (χ0v) is 11.3. The zero-order valence-electron chi connectivity index (χ0n) is 10.5. The quantitative estimate of drug-likeness (QED) is 0.863. The van der Waals surface area contributed by atoms with Gasteiger partial charge in [-0.15, -0.1) is 11.8 Å².